The smallest absolute Gasteiger partial charge is 0.325 e. The van der Waals surface area contributed by atoms with E-state index in [1.165, 1.54) is 0 Å². The molecule has 1 saturated heterocycles. The lowest BCUT2D eigenvalue weighted by molar-refractivity contribution is -0.132. The molecule has 6 heteroatoms. The first-order chi connectivity index (χ1) is 12.5. The minimum Gasteiger partial charge on any atom is -0.350 e. The zero-order valence-corrected chi connectivity index (χ0v) is 14.6. The average molecular weight is 351 g/mol. The van der Waals surface area contributed by atoms with Gasteiger partial charge in [0.2, 0.25) is 5.91 Å². The van der Waals surface area contributed by atoms with Crippen molar-refractivity contribution in [3.05, 3.63) is 71.3 Å². The highest BCUT2D eigenvalue weighted by Gasteiger charge is 2.38. The van der Waals surface area contributed by atoms with Crippen LogP contribution in [0.3, 0.4) is 0 Å². The molecule has 0 aromatic heterocycles. The van der Waals surface area contributed by atoms with Gasteiger partial charge in [-0.25, -0.2) is 4.79 Å². The summed E-state index contributed by atoms with van der Waals surface area (Å²) < 4.78 is 0. The molecule has 2 N–H and O–H groups in total. The highest BCUT2D eigenvalue weighted by Crippen LogP contribution is 2.12. The maximum absolute atomic E-state index is 12.4. The summed E-state index contributed by atoms with van der Waals surface area (Å²) in [6, 6.07) is 16.0. The van der Waals surface area contributed by atoms with Crippen molar-refractivity contribution in [1.29, 1.82) is 0 Å². The summed E-state index contributed by atoms with van der Waals surface area (Å²) in [6.45, 7) is 2.05. The summed E-state index contributed by atoms with van der Waals surface area (Å²) >= 11 is 0. The summed E-state index contributed by atoms with van der Waals surface area (Å²) in [5.41, 5.74) is 3.03. The van der Waals surface area contributed by atoms with Crippen LogP contribution in [0.4, 0.5) is 4.79 Å². The van der Waals surface area contributed by atoms with Gasteiger partial charge in [0.25, 0.3) is 5.91 Å². The number of carbonyl (C=O) groups excluding carboxylic acids is 3. The van der Waals surface area contributed by atoms with Gasteiger partial charge in [-0.2, -0.15) is 0 Å². The second-order valence-electron chi connectivity index (χ2n) is 6.32. The van der Waals surface area contributed by atoms with Gasteiger partial charge in [-0.3, -0.25) is 14.5 Å². The number of amides is 4. The number of aryl methyl sites for hydroxylation is 1. The molecule has 134 valence electrons. The topological polar surface area (TPSA) is 78.5 Å². The van der Waals surface area contributed by atoms with Gasteiger partial charge < -0.3 is 10.6 Å². The minimum absolute atomic E-state index is 0.276. The Bertz CT molecular complexity index is 820. The van der Waals surface area contributed by atoms with E-state index in [1.807, 2.05) is 61.5 Å². The highest BCUT2D eigenvalue weighted by molar-refractivity contribution is 6.06. The van der Waals surface area contributed by atoms with Crippen molar-refractivity contribution in [3.8, 4) is 0 Å². The van der Waals surface area contributed by atoms with Crippen LogP contribution >= 0.6 is 0 Å². The standard InChI is InChI=1S/C20H21N3O3/c1-14-7-5-6-10-16(14)12-21-18(24)13-23-19(25)17(22-20(23)26)11-15-8-3-2-4-9-15/h2-10,17H,11-13H2,1H3,(H,21,24)(H,22,26)/t17-/m0/s1. The van der Waals surface area contributed by atoms with Crippen molar-refractivity contribution in [2.75, 3.05) is 6.54 Å². The summed E-state index contributed by atoms with van der Waals surface area (Å²) in [5, 5.41) is 5.41. The van der Waals surface area contributed by atoms with Crippen molar-refractivity contribution in [2.24, 2.45) is 0 Å². The predicted octanol–water partition coefficient (Wildman–Crippen LogP) is 1.77. The van der Waals surface area contributed by atoms with Gasteiger partial charge >= 0.3 is 6.03 Å². The average Bonchev–Trinajstić information content (AvgIpc) is 2.89. The van der Waals surface area contributed by atoms with E-state index in [9.17, 15) is 14.4 Å². The fourth-order valence-electron chi connectivity index (χ4n) is 2.92. The number of hydrogen-bond acceptors (Lipinski definition) is 3. The lowest BCUT2D eigenvalue weighted by Crippen LogP contribution is -2.41. The molecule has 0 bridgehead atoms. The largest absolute Gasteiger partial charge is 0.350 e. The van der Waals surface area contributed by atoms with Crippen LogP contribution in [0.1, 0.15) is 16.7 Å². The molecular weight excluding hydrogens is 330 g/mol. The molecule has 0 spiro atoms. The SMILES string of the molecule is Cc1ccccc1CNC(=O)CN1C(=O)N[C@@H](Cc2ccccc2)C1=O. The van der Waals surface area contributed by atoms with E-state index in [4.69, 9.17) is 0 Å². The molecule has 6 nitrogen and oxygen atoms in total. The molecule has 26 heavy (non-hydrogen) atoms. The zero-order valence-electron chi connectivity index (χ0n) is 14.6. The molecule has 0 saturated carbocycles. The fourth-order valence-corrected chi connectivity index (χ4v) is 2.92. The van der Waals surface area contributed by atoms with E-state index >= 15 is 0 Å². The molecular formula is C20H21N3O3. The van der Waals surface area contributed by atoms with Crippen LogP contribution in [0.25, 0.3) is 0 Å². The van der Waals surface area contributed by atoms with Gasteiger partial charge in [0, 0.05) is 13.0 Å². The van der Waals surface area contributed by atoms with E-state index in [-0.39, 0.29) is 18.4 Å². The molecule has 0 unspecified atom stereocenters. The van der Waals surface area contributed by atoms with Crippen molar-refractivity contribution in [3.63, 3.8) is 0 Å². The molecule has 1 aliphatic rings. The highest BCUT2D eigenvalue weighted by atomic mass is 16.2. The second-order valence-corrected chi connectivity index (χ2v) is 6.32. The Hall–Kier alpha value is -3.15. The summed E-state index contributed by atoms with van der Waals surface area (Å²) in [6.07, 6.45) is 0.409. The van der Waals surface area contributed by atoms with E-state index < -0.39 is 12.1 Å². The number of hydrogen-bond donors (Lipinski definition) is 2. The van der Waals surface area contributed by atoms with Gasteiger partial charge in [-0.1, -0.05) is 54.6 Å². The van der Waals surface area contributed by atoms with Crippen LogP contribution in [-0.2, 0) is 22.6 Å². The first kappa shape index (κ1) is 17.7. The normalized spacial score (nSPS) is 16.5. The Balaban J connectivity index is 1.55. The number of nitrogens with zero attached hydrogens (tertiary/aromatic N) is 1. The Kier molecular flexibility index (Phi) is 5.31. The van der Waals surface area contributed by atoms with Gasteiger partial charge in [0.05, 0.1) is 0 Å². The van der Waals surface area contributed by atoms with E-state index in [2.05, 4.69) is 10.6 Å². The molecule has 0 radical (unpaired) electrons. The molecule has 1 fully saturated rings. The number of benzene rings is 2. The zero-order chi connectivity index (χ0) is 18.5. The van der Waals surface area contributed by atoms with Gasteiger partial charge in [-0.15, -0.1) is 0 Å². The maximum atomic E-state index is 12.4. The number of rotatable bonds is 6. The third-order valence-electron chi connectivity index (χ3n) is 4.43. The summed E-state index contributed by atoms with van der Waals surface area (Å²) in [5.74, 6) is -0.734. The van der Waals surface area contributed by atoms with Crippen LogP contribution in [-0.4, -0.2) is 35.3 Å². The third-order valence-corrected chi connectivity index (χ3v) is 4.43. The Morgan fingerprint density at radius 3 is 2.50 bits per heavy atom. The molecule has 1 aliphatic heterocycles. The fraction of sp³-hybridized carbons (Fsp3) is 0.250. The molecule has 0 aliphatic carbocycles. The van der Waals surface area contributed by atoms with Crippen molar-refractivity contribution >= 4 is 17.8 Å². The van der Waals surface area contributed by atoms with Gasteiger partial charge in [0.1, 0.15) is 12.6 Å². The van der Waals surface area contributed by atoms with E-state index in [1.54, 1.807) is 0 Å². The molecule has 2 aromatic carbocycles. The Labute approximate surface area is 152 Å². The number of carbonyl (C=O) groups is 3. The predicted molar refractivity (Wildman–Crippen MR) is 97.2 cm³/mol. The monoisotopic (exact) mass is 351 g/mol. The number of urea groups is 1. The first-order valence-electron chi connectivity index (χ1n) is 8.51. The van der Waals surface area contributed by atoms with Crippen LogP contribution in [0.15, 0.2) is 54.6 Å². The molecule has 3 rings (SSSR count). The summed E-state index contributed by atoms with van der Waals surface area (Å²) in [4.78, 5) is 37.6. The Morgan fingerprint density at radius 1 is 1.08 bits per heavy atom. The van der Waals surface area contributed by atoms with E-state index in [0.29, 0.717) is 13.0 Å². The van der Waals surface area contributed by atoms with Crippen LogP contribution in [0, 0.1) is 6.92 Å². The second kappa shape index (κ2) is 7.82. The summed E-state index contributed by atoms with van der Waals surface area (Å²) in [7, 11) is 0. The van der Waals surface area contributed by atoms with Crippen molar-refractivity contribution < 1.29 is 14.4 Å². The molecule has 4 amide bonds. The van der Waals surface area contributed by atoms with Gasteiger partial charge in [-0.05, 0) is 23.6 Å². The van der Waals surface area contributed by atoms with Crippen molar-refractivity contribution in [2.45, 2.75) is 25.9 Å². The minimum atomic E-state index is -0.630. The lowest BCUT2D eigenvalue weighted by Gasteiger charge is -2.13. The van der Waals surface area contributed by atoms with Crippen molar-refractivity contribution in [1.82, 2.24) is 15.5 Å². The van der Waals surface area contributed by atoms with Crippen LogP contribution in [0.2, 0.25) is 0 Å². The lowest BCUT2D eigenvalue weighted by atomic mass is 10.1. The quantitative estimate of drug-likeness (QED) is 0.779. The number of imide groups is 1. The molecule has 1 heterocycles. The molecule has 1 atom stereocenters. The van der Waals surface area contributed by atoms with E-state index in [0.717, 1.165) is 21.6 Å². The third kappa shape index (κ3) is 4.08. The Morgan fingerprint density at radius 2 is 1.77 bits per heavy atom. The van der Waals surface area contributed by atoms with Crippen LogP contribution in [0.5, 0.6) is 0 Å². The molecule has 2 aromatic rings. The first-order valence-corrected chi connectivity index (χ1v) is 8.51. The maximum Gasteiger partial charge on any atom is 0.325 e. The van der Waals surface area contributed by atoms with Gasteiger partial charge in [0.15, 0.2) is 0 Å². The number of nitrogens with one attached hydrogen (secondary N) is 2. The van der Waals surface area contributed by atoms with Crippen LogP contribution < -0.4 is 10.6 Å².